The number of aliphatic hydroxyl groups excluding tert-OH is 1. The molecule has 1 aliphatic heterocycles. The van der Waals surface area contributed by atoms with Crippen LogP contribution in [0.5, 0.6) is 0 Å². The number of hydrogen-bond donors (Lipinski definition) is 3. The number of quaternary nitrogens is 1. The van der Waals surface area contributed by atoms with Gasteiger partial charge in [-0.1, -0.05) is 12.1 Å². The Morgan fingerprint density at radius 1 is 1.18 bits per heavy atom. The van der Waals surface area contributed by atoms with Crippen LogP contribution in [0.2, 0.25) is 0 Å². The van der Waals surface area contributed by atoms with E-state index in [1.54, 1.807) is 25.1 Å². The third-order valence-corrected chi connectivity index (χ3v) is 9.38. The predicted octanol–water partition coefficient (Wildman–Crippen LogP) is 4.66. The number of carbonyl (C=O) groups excluding carboxylic acids is 1. The number of carboxylic acid groups (broad SMARTS) is 1. The summed E-state index contributed by atoms with van der Waals surface area (Å²) >= 11 is 0. The number of nitrogens with one attached hydrogen (secondary N) is 1. The van der Waals surface area contributed by atoms with Crippen LogP contribution in [0.3, 0.4) is 0 Å². The first kappa shape index (κ1) is 36.9. The highest BCUT2D eigenvalue weighted by atomic mass is 19.4. The van der Waals surface area contributed by atoms with Gasteiger partial charge in [0.05, 0.1) is 62.7 Å². The Bertz CT molecular complexity index is 1800. The molecule has 0 saturated heterocycles. The lowest BCUT2D eigenvalue weighted by molar-refractivity contribution is -0.916. The molecule has 12 nitrogen and oxygen atoms in total. The Morgan fingerprint density at radius 2 is 1.86 bits per heavy atom. The average molecular weight is 686 g/mol. The molecule has 1 saturated carbocycles. The lowest BCUT2D eigenvalue weighted by Gasteiger charge is -2.41. The zero-order chi connectivity index (χ0) is 36.1. The Kier molecular flexibility index (Phi) is 11.4. The number of aromatic nitrogens is 3. The molecule has 0 radical (unpaired) electrons. The standard InChI is InChI=1S/C33H37F3N6O4.CH2O2/c1-20-28(30(44)46-4)29(41-31(38-39-32(41)45)40(20)24-9-5-8-23(18-24)33(34,35)36)27-15-10-21(19-37)17-22(27)7-6-16-42(2,3)25-11-13-26(43)14-12-25;2-1-3/h5,8-10,15,17-18,25-26,29,43H,6-7,11-14,16H2,1-4H3;1H,(H,2,3)/p+1/t25?,26?,29-;/m1./s1. The van der Waals surface area contributed by atoms with Crippen molar-refractivity contribution in [1.29, 1.82) is 5.26 Å². The van der Waals surface area contributed by atoms with Gasteiger partial charge in [-0.3, -0.25) is 9.69 Å². The minimum Gasteiger partial charge on any atom is -0.483 e. The lowest BCUT2D eigenvalue weighted by Crippen LogP contribution is -2.51. The van der Waals surface area contributed by atoms with Crippen LogP contribution in [-0.2, 0) is 26.9 Å². The number of rotatable bonds is 8. The number of benzene rings is 2. The fraction of sp³-hybridized carbons (Fsp3) is 0.441. The summed E-state index contributed by atoms with van der Waals surface area (Å²) in [6.07, 6.45) is -0.159. The number of H-pyrrole nitrogens is 1. The van der Waals surface area contributed by atoms with Crippen molar-refractivity contribution in [3.63, 3.8) is 0 Å². The fourth-order valence-corrected chi connectivity index (χ4v) is 6.85. The minimum atomic E-state index is -4.62. The number of nitriles is 1. The molecule has 2 heterocycles. The molecule has 0 bridgehead atoms. The zero-order valence-electron chi connectivity index (χ0n) is 27.7. The third-order valence-electron chi connectivity index (χ3n) is 9.38. The summed E-state index contributed by atoms with van der Waals surface area (Å²) < 4.78 is 48.2. The summed E-state index contributed by atoms with van der Waals surface area (Å²) in [5.41, 5.74) is 0.539. The SMILES string of the molecule is COC(=O)C1=C(C)N(c2cccc(C(F)(F)F)c2)c2n[nH]c(=O)n2[C@@H]1c1ccc(C#N)cc1CCC[N+](C)(C)C1CCC(O)CC1.O=CO. The molecule has 0 unspecified atom stereocenters. The molecule has 1 aromatic heterocycles. The number of hydrogen-bond acceptors (Lipinski definition) is 8. The second-order valence-corrected chi connectivity index (χ2v) is 12.7. The molecule has 3 N–H and O–H groups in total. The summed E-state index contributed by atoms with van der Waals surface area (Å²) in [6, 6.07) is 11.2. The van der Waals surface area contributed by atoms with Gasteiger partial charge in [-0.25, -0.2) is 19.3 Å². The summed E-state index contributed by atoms with van der Waals surface area (Å²) in [7, 11) is 5.56. The Morgan fingerprint density at radius 3 is 2.47 bits per heavy atom. The van der Waals surface area contributed by atoms with Crippen LogP contribution >= 0.6 is 0 Å². The molecule has 0 spiro atoms. The number of allylic oxidation sites excluding steroid dienone is 1. The maximum Gasteiger partial charge on any atom is 0.416 e. The number of ether oxygens (including phenoxy) is 1. The Hall–Kier alpha value is -4.94. The average Bonchev–Trinajstić information content (AvgIpc) is 3.44. The fourth-order valence-electron chi connectivity index (χ4n) is 6.85. The van der Waals surface area contributed by atoms with E-state index < -0.39 is 29.4 Å². The molecule has 3 aromatic rings. The van der Waals surface area contributed by atoms with Gasteiger partial charge in [0.1, 0.15) is 6.04 Å². The topological polar surface area (TPSA) is 162 Å². The Balaban J connectivity index is 0.00000174. The summed E-state index contributed by atoms with van der Waals surface area (Å²) in [5, 5.41) is 33.2. The second kappa shape index (κ2) is 15.1. The molecule has 1 fully saturated rings. The Labute approximate surface area is 281 Å². The van der Waals surface area contributed by atoms with Crippen LogP contribution in [0, 0.1) is 11.3 Å². The van der Waals surface area contributed by atoms with Gasteiger partial charge >= 0.3 is 17.8 Å². The van der Waals surface area contributed by atoms with Crippen LogP contribution in [0.1, 0.15) is 67.3 Å². The van der Waals surface area contributed by atoms with Crippen LogP contribution in [0.4, 0.5) is 24.8 Å². The zero-order valence-corrected chi connectivity index (χ0v) is 27.7. The van der Waals surface area contributed by atoms with Gasteiger partial charge < -0.3 is 19.4 Å². The summed E-state index contributed by atoms with van der Waals surface area (Å²) in [5.74, 6) is -0.752. The number of methoxy groups -OCH3 is 1. The number of alkyl halides is 3. The number of halogens is 3. The molecule has 2 aromatic carbocycles. The maximum absolute atomic E-state index is 13.7. The minimum absolute atomic E-state index is 0.00655. The van der Waals surface area contributed by atoms with E-state index in [9.17, 15) is 33.1 Å². The molecule has 1 aliphatic carbocycles. The highest BCUT2D eigenvalue weighted by Crippen LogP contribution is 2.44. The monoisotopic (exact) mass is 685 g/mol. The van der Waals surface area contributed by atoms with Crippen molar-refractivity contribution in [2.45, 2.75) is 69.8 Å². The number of aromatic amines is 1. The number of esters is 1. The molecule has 2 aliphatic rings. The van der Waals surface area contributed by atoms with Crippen molar-refractivity contribution in [3.05, 3.63) is 86.5 Å². The van der Waals surface area contributed by atoms with E-state index in [0.717, 1.165) is 60.8 Å². The van der Waals surface area contributed by atoms with E-state index >= 15 is 0 Å². The smallest absolute Gasteiger partial charge is 0.416 e. The van der Waals surface area contributed by atoms with E-state index in [2.05, 4.69) is 30.4 Å². The molecular formula is C34H40F3N6O6+. The highest BCUT2D eigenvalue weighted by molar-refractivity contribution is 5.93. The van der Waals surface area contributed by atoms with Crippen molar-refractivity contribution < 1.29 is 42.2 Å². The lowest BCUT2D eigenvalue weighted by atomic mass is 9.88. The molecule has 262 valence electrons. The number of carbonyl (C=O) groups is 2. The molecule has 0 amide bonds. The normalized spacial score (nSPS) is 19.3. The van der Waals surface area contributed by atoms with Gasteiger partial charge in [0.15, 0.2) is 0 Å². The van der Waals surface area contributed by atoms with Crippen LogP contribution in [0.15, 0.2) is 58.5 Å². The van der Waals surface area contributed by atoms with Gasteiger partial charge in [0, 0.05) is 30.6 Å². The number of fused-ring (bicyclic) bond motifs is 1. The predicted molar refractivity (Wildman–Crippen MR) is 173 cm³/mol. The van der Waals surface area contributed by atoms with Crippen molar-refractivity contribution >= 4 is 24.1 Å². The van der Waals surface area contributed by atoms with Gasteiger partial charge in [0.2, 0.25) is 5.95 Å². The first-order valence-electron chi connectivity index (χ1n) is 15.7. The number of aliphatic hydroxyl groups is 1. The quantitative estimate of drug-likeness (QED) is 0.174. The van der Waals surface area contributed by atoms with E-state index in [-0.39, 0.29) is 35.5 Å². The first-order chi connectivity index (χ1) is 23.2. The van der Waals surface area contributed by atoms with E-state index in [4.69, 9.17) is 14.6 Å². The molecule has 1 atom stereocenters. The van der Waals surface area contributed by atoms with Gasteiger partial charge in [-0.05, 0) is 67.6 Å². The van der Waals surface area contributed by atoms with Crippen LogP contribution in [0.25, 0.3) is 0 Å². The molecule has 15 heteroatoms. The highest BCUT2D eigenvalue weighted by Gasteiger charge is 2.41. The van der Waals surface area contributed by atoms with Gasteiger partial charge in [0.25, 0.3) is 6.47 Å². The number of nitrogens with zero attached hydrogens (tertiary/aromatic N) is 5. The third kappa shape index (κ3) is 7.87. The summed E-state index contributed by atoms with van der Waals surface area (Å²) in [6.45, 7) is 2.15. The van der Waals surface area contributed by atoms with Crippen molar-refractivity contribution in [2.24, 2.45) is 0 Å². The van der Waals surface area contributed by atoms with E-state index in [1.807, 2.05) is 0 Å². The number of aryl methyl sites for hydroxylation is 1. The van der Waals surface area contributed by atoms with E-state index in [1.165, 1.54) is 28.7 Å². The van der Waals surface area contributed by atoms with E-state index in [0.29, 0.717) is 23.6 Å². The van der Waals surface area contributed by atoms with Crippen molar-refractivity contribution in [1.82, 2.24) is 14.8 Å². The largest absolute Gasteiger partial charge is 0.483 e. The van der Waals surface area contributed by atoms with Crippen molar-refractivity contribution in [2.75, 3.05) is 32.6 Å². The second-order valence-electron chi connectivity index (χ2n) is 12.7. The van der Waals surface area contributed by atoms with Gasteiger partial charge in [-0.2, -0.15) is 18.4 Å². The molecular weight excluding hydrogens is 645 g/mol. The molecule has 49 heavy (non-hydrogen) atoms. The van der Waals surface area contributed by atoms with Crippen LogP contribution < -0.4 is 10.6 Å². The van der Waals surface area contributed by atoms with Crippen LogP contribution in [-0.4, -0.2) is 81.8 Å². The number of anilines is 2. The van der Waals surface area contributed by atoms with Gasteiger partial charge in [-0.15, -0.1) is 5.10 Å². The maximum atomic E-state index is 13.7. The summed E-state index contributed by atoms with van der Waals surface area (Å²) in [4.78, 5) is 36.6. The van der Waals surface area contributed by atoms with Crippen molar-refractivity contribution in [3.8, 4) is 6.07 Å². The first-order valence-corrected chi connectivity index (χ1v) is 15.7. The molecule has 5 rings (SSSR count).